The van der Waals surface area contributed by atoms with E-state index in [-0.39, 0.29) is 23.7 Å². The van der Waals surface area contributed by atoms with Crippen LogP contribution in [0, 0.1) is 5.82 Å². The molecule has 1 aliphatic heterocycles. The molecule has 1 saturated heterocycles. The van der Waals surface area contributed by atoms with Gasteiger partial charge in [-0.05, 0) is 50.9 Å². The van der Waals surface area contributed by atoms with Crippen LogP contribution < -0.4 is 10.5 Å². The quantitative estimate of drug-likeness (QED) is 0.914. The van der Waals surface area contributed by atoms with Crippen molar-refractivity contribution in [2.75, 3.05) is 13.7 Å². The molecule has 1 aromatic rings. The molecule has 0 spiro atoms. The van der Waals surface area contributed by atoms with Crippen molar-refractivity contribution in [2.24, 2.45) is 5.73 Å². The first-order chi connectivity index (χ1) is 9.04. The van der Waals surface area contributed by atoms with E-state index in [1.165, 1.54) is 7.11 Å². The Kier molecular flexibility index (Phi) is 4.42. The van der Waals surface area contributed by atoms with Gasteiger partial charge in [0.05, 0.1) is 13.2 Å². The summed E-state index contributed by atoms with van der Waals surface area (Å²) in [6, 6.07) is 5.72. The molecular weight excluding hydrogens is 243 g/mol. The minimum Gasteiger partial charge on any atom is -0.494 e. The smallest absolute Gasteiger partial charge is 0.165 e. The summed E-state index contributed by atoms with van der Waals surface area (Å²) >= 11 is 0. The molecule has 1 fully saturated rings. The predicted molar refractivity (Wildman–Crippen MR) is 74.7 cm³/mol. The van der Waals surface area contributed by atoms with Gasteiger partial charge in [-0.2, -0.15) is 0 Å². The number of rotatable bonds is 3. The molecule has 3 nitrogen and oxygen atoms in total. The predicted octanol–water partition coefficient (Wildman–Crippen LogP) is 2.71. The van der Waals surface area contributed by atoms with Gasteiger partial charge < -0.3 is 10.5 Å². The zero-order chi connectivity index (χ0) is 14.0. The minimum absolute atomic E-state index is 0.0592. The van der Waals surface area contributed by atoms with Gasteiger partial charge in [-0.3, -0.25) is 4.90 Å². The molecule has 19 heavy (non-hydrogen) atoms. The largest absolute Gasteiger partial charge is 0.494 e. The summed E-state index contributed by atoms with van der Waals surface area (Å²) in [4.78, 5) is 2.36. The Bertz CT molecular complexity index is 436. The molecule has 0 amide bonds. The van der Waals surface area contributed by atoms with Crippen LogP contribution in [0.25, 0.3) is 0 Å². The molecule has 0 radical (unpaired) electrons. The lowest BCUT2D eigenvalue weighted by Crippen LogP contribution is -2.48. The van der Waals surface area contributed by atoms with Crippen LogP contribution in [0.4, 0.5) is 4.39 Å². The fourth-order valence-corrected chi connectivity index (χ4v) is 2.94. The lowest BCUT2D eigenvalue weighted by molar-refractivity contribution is 0.0944. The van der Waals surface area contributed by atoms with Crippen LogP contribution in [0.1, 0.15) is 38.3 Å². The number of ether oxygens (including phenoxy) is 1. The Morgan fingerprint density at radius 1 is 1.42 bits per heavy atom. The van der Waals surface area contributed by atoms with Crippen molar-refractivity contribution in [2.45, 2.75) is 44.8 Å². The molecule has 1 aromatic carbocycles. The van der Waals surface area contributed by atoms with E-state index in [2.05, 4.69) is 18.7 Å². The molecule has 1 aliphatic rings. The van der Waals surface area contributed by atoms with Crippen molar-refractivity contribution in [1.82, 2.24) is 4.90 Å². The number of nitrogens with two attached hydrogens (primary N) is 1. The third-order valence-electron chi connectivity index (χ3n) is 3.90. The summed E-state index contributed by atoms with van der Waals surface area (Å²) < 4.78 is 18.8. The normalized spacial score (nSPS) is 24.7. The molecular formula is C15H23FN2O. The fourth-order valence-electron chi connectivity index (χ4n) is 2.94. The number of benzene rings is 1. The Balaban J connectivity index is 2.33. The second-order valence-corrected chi connectivity index (χ2v) is 5.48. The average Bonchev–Trinajstić information content (AvgIpc) is 2.38. The summed E-state index contributed by atoms with van der Waals surface area (Å²) in [6.45, 7) is 5.33. The number of hydrogen-bond acceptors (Lipinski definition) is 3. The van der Waals surface area contributed by atoms with E-state index >= 15 is 0 Å². The highest BCUT2D eigenvalue weighted by atomic mass is 19.1. The minimum atomic E-state index is -0.318. The molecule has 2 atom stereocenters. The lowest BCUT2D eigenvalue weighted by Gasteiger charge is -2.42. The number of nitrogens with zero attached hydrogens (tertiary/aromatic N) is 1. The van der Waals surface area contributed by atoms with Crippen molar-refractivity contribution >= 4 is 0 Å². The zero-order valence-corrected chi connectivity index (χ0v) is 11.9. The number of hydrogen-bond donors (Lipinski definition) is 1. The van der Waals surface area contributed by atoms with Crippen LogP contribution in [0.15, 0.2) is 18.2 Å². The Labute approximate surface area is 114 Å². The van der Waals surface area contributed by atoms with Gasteiger partial charge >= 0.3 is 0 Å². The van der Waals surface area contributed by atoms with E-state index < -0.39 is 0 Å². The van der Waals surface area contributed by atoms with Gasteiger partial charge in [0.15, 0.2) is 11.6 Å². The number of methoxy groups -OCH3 is 1. The van der Waals surface area contributed by atoms with E-state index in [0.717, 1.165) is 24.9 Å². The standard InChI is InChI=1S/C15H23FN2O/c1-10(2)18-8-4-5-13(17)15(18)11-6-7-14(19-3)12(16)9-11/h6-7,9-10,13,15H,4-5,8,17H2,1-3H3. The topological polar surface area (TPSA) is 38.5 Å². The van der Waals surface area contributed by atoms with E-state index in [1.807, 2.05) is 6.07 Å². The Hall–Kier alpha value is -1.13. The van der Waals surface area contributed by atoms with Crippen LogP contribution in [-0.2, 0) is 0 Å². The summed E-state index contributed by atoms with van der Waals surface area (Å²) in [5, 5.41) is 0. The fraction of sp³-hybridized carbons (Fsp3) is 0.600. The van der Waals surface area contributed by atoms with Gasteiger partial charge in [0.2, 0.25) is 0 Å². The third-order valence-corrected chi connectivity index (χ3v) is 3.90. The number of halogens is 1. The van der Waals surface area contributed by atoms with Crippen molar-refractivity contribution in [3.63, 3.8) is 0 Å². The van der Waals surface area contributed by atoms with E-state index in [9.17, 15) is 4.39 Å². The van der Waals surface area contributed by atoms with E-state index in [4.69, 9.17) is 10.5 Å². The SMILES string of the molecule is COc1ccc(C2C(N)CCCN2C(C)C)cc1F. The first-order valence-electron chi connectivity index (χ1n) is 6.89. The summed E-state index contributed by atoms with van der Waals surface area (Å²) in [7, 11) is 1.48. The first-order valence-corrected chi connectivity index (χ1v) is 6.89. The van der Waals surface area contributed by atoms with E-state index in [0.29, 0.717) is 6.04 Å². The summed E-state index contributed by atoms with van der Waals surface area (Å²) in [6.07, 6.45) is 2.09. The maximum atomic E-state index is 13.9. The maximum absolute atomic E-state index is 13.9. The summed E-state index contributed by atoms with van der Waals surface area (Å²) in [5.41, 5.74) is 7.21. The average molecular weight is 266 g/mol. The van der Waals surface area contributed by atoms with Crippen LogP contribution >= 0.6 is 0 Å². The number of piperidine rings is 1. The lowest BCUT2D eigenvalue weighted by atomic mass is 9.90. The van der Waals surface area contributed by atoms with Gasteiger partial charge in [-0.15, -0.1) is 0 Å². The molecule has 2 N–H and O–H groups in total. The van der Waals surface area contributed by atoms with Crippen molar-refractivity contribution in [3.8, 4) is 5.75 Å². The highest BCUT2D eigenvalue weighted by molar-refractivity contribution is 5.32. The Morgan fingerprint density at radius 3 is 2.74 bits per heavy atom. The summed E-state index contributed by atoms with van der Waals surface area (Å²) in [5.74, 6) is -0.0364. The van der Waals surface area contributed by atoms with Gasteiger partial charge in [0.25, 0.3) is 0 Å². The number of likely N-dealkylation sites (tertiary alicyclic amines) is 1. The maximum Gasteiger partial charge on any atom is 0.165 e. The highest BCUT2D eigenvalue weighted by Crippen LogP contribution is 2.33. The van der Waals surface area contributed by atoms with Gasteiger partial charge in [-0.25, -0.2) is 4.39 Å². The van der Waals surface area contributed by atoms with Gasteiger partial charge in [0, 0.05) is 12.1 Å². The molecule has 0 aromatic heterocycles. The second kappa shape index (κ2) is 5.88. The Morgan fingerprint density at radius 2 is 2.16 bits per heavy atom. The van der Waals surface area contributed by atoms with Gasteiger partial charge in [0.1, 0.15) is 0 Å². The molecule has 4 heteroatoms. The van der Waals surface area contributed by atoms with Crippen molar-refractivity contribution < 1.29 is 9.13 Å². The zero-order valence-electron chi connectivity index (χ0n) is 11.9. The van der Waals surface area contributed by atoms with E-state index in [1.54, 1.807) is 12.1 Å². The van der Waals surface area contributed by atoms with Crippen LogP contribution in [-0.4, -0.2) is 30.6 Å². The van der Waals surface area contributed by atoms with Crippen molar-refractivity contribution in [3.05, 3.63) is 29.6 Å². The molecule has 0 saturated carbocycles. The van der Waals surface area contributed by atoms with Crippen molar-refractivity contribution in [1.29, 1.82) is 0 Å². The van der Waals surface area contributed by atoms with Crippen LogP contribution in [0.5, 0.6) is 5.75 Å². The molecule has 106 valence electrons. The highest BCUT2D eigenvalue weighted by Gasteiger charge is 2.32. The van der Waals surface area contributed by atoms with Crippen LogP contribution in [0.2, 0.25) is 0 Å². The molecule has 2 rings (SSSR count). The second-order valence-electron chi connectivity index (χ2n) is 5.48. The van der Waals surface area contributed by atoms with Crippen LogP contribution in [0.3, 0.4) is 0 Å². The molecule has 0 bridgehead atoms. The molecule has 0 aliphatic carbocycles. The van der Waals surface area contributed by atoms with Gasteiger partial charge in [-0.1, -0.05) is 6.07 Å². The first kappa shape index (κ1) is 14.3. The third kappa shape index (κ3) is 2.90. The monoisotopic (exact) mass is 266 g/mol. The molecule has 1 heterocycles. The molecule has 2 unspecified atom stereocenters.